The van der Waals surface area contributed by atoms with E-state index in [0.29, 0.717) is 0 Å². The number of nitrogens with zero attached hydrogens (tertiary/aromatic N) is 4. The average molecular weight is 294 g/mol. The molecule has 0 aliphatic carbocycles. The Morgan fingerprint density at radius 2 is 1.86 bits per heavy atom. The molecule has 2 aromatic heterocycles. The van der Waals surface area contributed by atoms with Crippen LogP contribution in [-0.2, 0) is 20.1 Å². The van der Waals surface area contributed by atoms with Gasteiger partial charge in [-0.15, -0.1) is 0 Å². The van der Waals surface area contributed by atoms with Gasteiger partial charge in [0.25, 0.3) is 0 Å². The number of para-hydroxylation sites is 1. The molecule has 0 amide bonds. The van der Waals surface area contributed by atoms with E-state index in [-0.39, 0.29) is 0 Å². The third-order valence-corrected chi connectivity index (χ3v) is 4.28. The normalized spacial score (nSPS) is 11.5. The van der Waals surface area contributed by atoms with Gasteiger partial charge in [-0.1, -0.05) is 24.3 Å². The topological polar surface area (TPSA) is 34.0 Å². The predicted octanol–water partition coefficient (Wildman–Crippen LogP) is 3.22. The van der Waals surface area contributed by atoms with Crippen molar-refractivity contribution in [1.29, 1.82) is 0 Å². The van der Waals surface area contributed by atoms with Crippen LogP contribution in [0.5, 0.6) is 0 Å². The summed E-state index contributed by atoms with van der Waals surface area (Å²) in [7, 11) is 4.21. The number of fused-ring (bicyclic) bond motifs is 1. The number of imidazole rings is 1. The fraction of sp³-hybridized carbons (Fsp3) is 0.333. The van der Waals surface area contributed by atoms with Crippen LogP contribution in [-0.4, -0.2) is 26.5 Å². The van der Waals surface area contributed by atoms with Crippen LogP contribution < -0.4 is 0 Å². The lowest BCUT2D eigenvalue weighted by Gasteiger charge is -2.17. The first-order chi connectivity index (χ1) is 10.6. The summed E-state index contributed by atoms with van der Waals surface area (Å²) in [6.07, 6.45) is 1.86. The van der Waals surface area contributed by atoms with Gasteiger partial charge in [0.1, 0.15) is 5.82 Å². The van der Waals surface area contributed by atoms with Crippen LogP contribution in [0.3, 0.4) is 0 Å². The lowest BCUT2D eigenvalue weighted by atomic mass is 10.1. The summed E-state index contributed by atoms with van der Waals surface area (Å²) < 4.78 is 2.17. The fourth-order valence-electron chi connectivity index (χ4n) is 2.81. The summed E-state index contributed by atoms with van der Waals surface area (Å²) in [5.41, 5.74) is 4.68. The van der Waals surface area contributed by atoms with Gasteiger partial charge in [-0.2, -0.15) is 0 Å². The molecular formula is C18H22N4. The minimum absolute atomic E-state index is 0.828. The summed E-state index contributed by atoms with van der Waals surface area (Å²) in [6.45, 7) is 5.86. The number of pyridine rings is 1. The first kappa shape index (κ1) is 14.7. The van der Waals surface area contributed by atoms with Crippen LogP contribution in [0.15, 0.2) is 36.5 Å². The van der Waals surface area contributed by atoms with Gasteiger partial charge < -0.3 is 4.57 Å². The van der Waals surface area contributed by atoms with Crippen LogP contribution in [0.25, 0.3) is 10.9 Å². The molecule has 0 fully saturated rings. The van der Waals surface area contributed by atoms with E-state index in [1.54, 1.807) is 0 Å². The molecule has 0 saturated carbocycles. The van der Waals surface area contributed by atoms with Crippen molar-refractivity contribution in [1.82, 2.24) is 19.4 Å². The smallest absolute Gasteiger partial charge is 0.123 e. The van der Waals surface area contributed by atoms with Crippen LogP contribution >= 0.6 is 0 Å². The molecule has 4 heteroatoms. The molecule has 2 heterocycles. The maximum atomic E-state index is 4.66. The second kappa shape index (κ2) is 5.89. The van der Waals surface area contributed by atoms with Crippen molar-refractivity contribution in [2.24, 2.45) is 7.05 Å². The fourth-order valence-corrected chi connectivity index (χ4v) is 2.81. The molecule has 0 radical (unpaired) electrons. The summed E-state index contributed by atoms with van der Waals surface area (Å²) in [6, 6.07) is 10.5. The largest absolute Gasteiger partial charge is 0.334 e. The molecule has 3 rings (SSSR count). The van der Waals surface area contributed by atoms with E-state index < -0.39 is 0 Å². The Hall–Kier alpha value is -2.20. The van der Waals surface area contributed by atoms with Gasteiger partial charge in [-0.05, 0) is 32.5 Å². The van der Waals surface area contributed by atoms with Crippen molar-refractivity contribution in [2.75, 3.05) is 7.05 Å². The number of benzene rings is 1. The zero-order chi connectivity index (χ0) is 15.7. The summed E-state index contributed by atoms with van der Waals surface area (Å²) in [4.78, 5) is 11.5. The van der Waals surface area contributed by atoms with Gasteiger partial charge >= 0.3 is 0 Å². The van der Waals surface area contributed by atoms with Crippen molar-refractivity contribution in [3.8, 4) is 0 Å². The maximum absolute atomic E-state index is 4.66. The second-order valence-electron chi connectivity index (χ2n) is 5.92. The SMILES string of the molecule is Cc1nc(CN(C)Cc2cccc3cccnc23)n(C)c1C. The van der Waals surface area contributed by atoms with E-state index in [4.69, 9.17) is 0 Å². The van der Waals surface area contributed by atoms with Crippen molar-refractivity contribution in [3.63, 3.8) is 0 Å². The van der Waals surface area contributed by atoms with Gasteiger partial charge in [0.05, 0.1) is 17.8 Å². The molecule has 3 aromatic rings. The molecule has 4 nitrogen and oxygen atoms in total. The number of hydrogen-bond acceptors (Lipinski definition) is 3. The van der Waals surface area contributed by atoms with Crippen LogP contribution in [0.4, 0.5) is 0 Å². The number of rotatable bonds is 4. The molecule has 0 aliphatic heterocycles. The molecule has 0 N–H and O–H groups in total. The molecule has 0 spiro atoms. The van der Waals surface area contributed by atoms with Crippen molar-refractivity contribution < 1.29 is 0 Å². The van der Waals surface area contributed by atoms with Gasteiger partial charge in [-0.25, -0.2) is 4.98 Å². The first-order valence-electron chi connectivity index (χ1n) is 7.56. The quantitative estimate of drug-likeness (QED) is 0.741. The molecule has 114 valence electrons. The highest BCUT2D eigenvalue weighted by molar-refractivity contribution is 5.81. The zero-order valence-electron chi connectivity index (χ0n) is 13.7. The Morgan fingerprint density at radius 1 is 1.09 bits per heavy atom. The van der Waals surface area contributed by atoms with Crippen LogP contribution in [0, 0.1) is 13.8 Å². The van der Waals surface area contributed by atoms with E-state index in [0.717, 1.165) is 30.1 Å². The van der Waals surface area contributed by atoms with E-state index in [1.807, 2.05) is 12.3 Å². The van der Waals surface area contributed by atoms with Crippen LogP contribution in [0.1, 0.15) is 22.8 Å². The van der Waals surface area contributed by atoms with E-state index in [9.17, 15) is 0 Å². The van der Waals surface area contributed by atoms with E-state index >= 15 is 0 Å². The Morgan fingerprint density at radius 3 is 2.59 bits per heavy atom. The number of aryl methyl sites for hydroxylation is 1. The Bertz CT molecular complexity index is 799. The standard InChI is InChI=1S/C18H22N4/c1-13-14(2)22(4)17(20-13)12-21(3)11-16-8-5-7-15-9-6-10-19-18(15)16/h5-10H,11-12H2,1-4H3. The number of aromatic nitrogens is 3. The highest BCUT2D eigenvalue weighted by Crippen LogP contribution is 2.18. The van der Waals surface area contributed by atoms with Crippen LogP contribution in [0.2, 0.25) is 0 Å². The third-order valence-electron chi connectivity index (χ3n) is 4.28. The molecule has 0 saturated heterocycles. The van der Waals surface area contributed by atoms with E-state index in [2.05, 4.69) is 71.6 Å². The van der Waals surface area contributed by atoms with Crippen molar-refractivity contribution in [3.05, 3.63) is 59.3 Å². The summed E-state index contributed by atoms with van der Waals surface area (Å²) in [5, 5.41) is 1.19. The molecule has 0 aliphatic rings. The third kappa shape index (κ3) is 2.74. The molecule has 1 aromatic carbocycles. The predicted molar refractivity (Wildman–Crippen MR) is 89.6 cm³/mol. The number of hydrogen-bond donors (Lipinski definition) is 0. The zero-order valence-corrected chi connectivity index (χ0v) is 13.7. The van der Waals surface area contributed by atoms with Gasteiger partial charge in [0.2, 0.25) is 0 Å². The summed E-state index contributed by atoms with van der Waals surface area (Å²) >= 11 is 0. The first-order valence-corrected chi connectivity index (χ1v) is 7.56. The molecular weight excluding hydrogens is 272 g/mol. The molecule has 22 heavy (non-hydrogen) atoms. The highest BCUT2D eigenvalue weighted by Gasteiger charge is 2.11. The van der Waals surface area contributed by atoms with Crippen molar-refractivity contribution >= 4 is 10.9 Å². The highest BCUT2D eigenvalue weighted by atomic mass is 15.2. The van der Waals surface area contributed by atoms with Crippen molar-refractivity contribution in [2.45, 2.75) is 26.9 Å². The van der Waals surface area contributed by atoms with Gasteiger partial charge in [-0.3, -0.25) is 9.88 Å². The lowest BCUT2D eigenvalue weighted by Crippen LogP contribution is -2.20. The molecule has 0 unspecified atom stereocenters. The Balaban J connectivity index is 1.81. The average Bonchev–Trinajstić information content (AvgIpc) is 2.75. The molecule has 0 atom stereocenters. The maximum Gasteiger partial charge on any atom is 0.123 e. The Kier molecular flexibility index (Phi) is 3.94. The van der Waals surface area contributed by atoms with Gasteiger partial charge in [0.15, 0.2) is 0 Å². The lowest BCUT2D eigenvalue weighted by molar-refractivity contribution is 0.307. The van der Waals surface area contributed by atoms with Gasteiger partial charge in [0, 0.05) is 30.9 Å². The monoisotopic (exact) mass is 294 g/mol. The van der Waals surface area contributed by atoms with E-state index in [1.165, 1.54) is 16.6 Å². The summed E-state index contributed by atoms with van der Waals surface area (Å²) in [5.74, 6) is 1.10. The minimum atomic E-state index is 0.828. The Labute approximate surface area is 131 Å². The second-order valence-corrected chi connectivity index (χ2v) is 5.92. The minimum Gasteiger partial charge on any atom is -0.334 e. The molecule has 0 bridgehead atoms.